The highest BCUT2D eigenvalue weighted by molar-refractivity contribution is 8.00. The molecule has 8 nitrogen and oxygen atoms in total. The van der Waals surface area contributed by atoms with Crippen molar-refractivity contribution in [2.24, 2.45) is 11.7 Å². The second-order valence-electron chi connectivity index (χ2n) is 5.44. The highest BCUT2D eigenvalue weighted by Crippen LogP contribution is 2.32. The number of carbonyl (C=O) groups is 2. The fourth-order valence-electron chi connectivity index (χ4n) is 2.01. The quantitative estimate of drug-likeness (QED) is 0.519. The lowest BCUT2D eigenvalue weighted by molar-refractivity contribution is -0.120. The first kappa shape index (κ1) is 19.4. The van der Waals surface area contributed by atoms with E-state index in [1.54, 1.807) is 18.2 Å². The van der Waals surface area contributed by atoms with Gasteiger partial charge in [-0.05, 0) is 24.1 Å². The summed E-state index contributed by atoms with van der Waals surface area (Å²) in [6, 6.07) is 3.98. The number of nitrogens with two attached hydrogens (primary N) is 2. The predicted octanol–water partition coefficient (Wildman–Crippen LogP) is 2.28. The first-order valence-corrected chi connectivity index (χ1v) is 8.77. The molecule has 0 saturated heterocycles. The Morgan fingerprint density at radius 3 is 2.52 bits per heavy atom. The van der Waals surface area contributed by atoms with Gasteiger partial charge in [-0.15, -0.1) is 10.2 Å². The zero-order valence-corrected chi connectivity index (χ0v) is 15.7. The van der Waals surface area contributed by atoms with E-state index >= 15 is 0 Å². The van der Waals surface area contributed by atoms with Crippen LogP contribution in [0.2, 0.25) is 10.0 Å². The summed E-state index contributed by atoms with van der Waals surface area (Å²) >= 11 is 13.1. The fraction of sp³-hybridized carbons (Fsp3) is 0.286. The van der Waals surface area contributed by atoms with E-state index in [0.29, 0.717) is 26.6 Å². The lowest BCUT2D eigenvalue weighted by Crippen LogP contribution is -2.42. The number of nitrogens with one attached hydrogen (secondary N) is 1. The fourth-order valence-corrected chi connectivity index (χ4v) is 3.46. The number of imide groups is 1. The molecule has 25 heavy (non-hydrogen) atoms. The third-order valence-electron chi connectivity index (χ3n) is 3.18. The number of halogens is 2. The third-order valence-corrected chi connectivity index (χ3v) is 5.23. The minimum Gasteiger partial charge on any atom is -0.351 e. The van der Waals surface area contributed by atoms with Crippen LogP contribution < -0.4 is 16.9 Å². The number of nitrogen functional groups attached to an aromatic ring is 1. The van der Waals surface area contributed by atoms with E-state index in [4.69, 9.17) is 34.8 Å². The number of thioether (sulfide) groups is 1. The van der Waals surface area contributed by atoms with Crippen LogP contribution in [0.4, 0.5) is 4.79 Å². The smallest absolute Gasteiger partial charge is 0.318 e. The van der Waals surface area contributed by atoms with Crippen LogP contribution in [0.5, 0.6) is 0 Å². The Balaban J connectivity index is 2.30. The molecule has 11 heteroatoms. The summed E-state index contributed by atoms with van der Waals surface area (Å²) < 4.78 is 1.23. The molecule has 0 saturated carbocycles. The summed E-state index contributed by atoms with van der Waals surface area (Å²) in [7, 11) is 0. The Morgan fingerprint density at radius 1 is 1.28 bits per heavy atom. The van der Waals surface area contributed by atoms with Gasteiger partial charge < -0.3 is 11.6 Å². The van der Waals surface area contributed by atoms with E-state index in [9.17, 15) is 9.59 Å². The maximum atomic E-state index is 12.1. The molecule has 1 aromatic heterocycles. The van der Waals surface area contributed by atoms with Crippen LogP contribution in [-0.4, -0.2) is 32.1 Å². The van der Waals surface area contributed by atoms with Crippen LogP contribution in [0.25, 0.3) is 11.4 Å². The number of amides is 3. The Morgan fingerprint density at radius 2 is 1.96 bits per heavy atom. The number of nitrogens with zero attached hydrogens (tertiary/aromatic N) is 3. The molecule has 0 aliphatic carbocycles. The minimum atomic E-state index is -0.917. The maximum absolute atomic E-state index is 12.1. The number of hydrogen-bond acceptors (Lipinski definition) is 6. The van der Waals surface area contributed by atoms with Gasteiger partial charge in [0.1, 0.15) is 0 Å². The topological polar surface area (TPSA) is 129 Å². The van der Waals surface area contributed by atoms with Crippen molar-refractivity contribution in [3.8, 4) is 11.4 Å². The van der Waals surface area contributed by atoms with Crippen molar-refractivity contribution in [3.63, 3.8) is 0 Å². The van der Waals surface area contributed by atoms with Gasteiger partial charge in [-0.3, -0.25) is 10.1 Å². The average molecular weight is 403 g/mol. The number of hydrogen-bond donors (Lipinski definition) is 3. The number of benzene rings is 1. The van der Waals surface area contributed by atoms with Gasteiger partial charge in [0.25, 0.3) is 0 Å². The minimum absolute atomic E-state index is 0.108. The van der Waals surface area contributed by atoms with Crippen LogP contribution in [-0.2, 0) is 4.79 Å². The van der Waals surface area contributed by atoms with Crippen molar-refractivity contribution in [1.29, 1.82) is 0 Å². The molecular weight excluding hydrogens is 387 g/mol. The Labute approximate surface area is 158 Å². The normalized spacial score (nSPS) is 12.2. The van der Waals surface area contributed by atoms with Crippen molar-refractivity contribution in [2.45, 2.75) is 24.3 Å². The Bertz CT molecular complexity index is 811. The van der Waals surface area contributed by atoms with Crippen LogP contribution in [0.1, 0.15) is 13.8 Å². The molecule has 0 aliphatic rings. The van der Waals surface area contributed by atoms with Gasteiger partial charge in [-0.1, -0.05) is 48.8 Å². The van der Waals surface area contributed by atoms with E-state index in [1.807, 2.05) is 13.8 Å². The van der Waals surface area contributed by atoms with Crippen molar-refractivity contribution < 1.29 is 9.59 Å². The van der Waals surface area contributed by atoms with Crippen molar-refractivity contribution in [3.05, 3.63) is 28.2 Å². The molecule has 5 N–H and O–H groups in total. The molecule has 134 valence electrons. The first-order valence-electron chi connectivity index (χ1n) is 7.13. The SMILES string of the molecule is CC(C)[C@@H](Sc1nnc(-c2ccc(Cl)cc2Cl)n1N)C(=O)NC(N)=O. The van der Waals surface area contributed by atoms with Crippen molar-refractivity contribution in [1.82, 2.24) is 20.2 Å². The number of aromatic nitrogens is 3. The van der Waals surface area contributed by atoms with Crippen LogP contribution in [0, 0.1) is 5.92 Å². The van der Waals surface area contributed by atoms with Crippen LogP contribution >= 0.6 is 35.0 Å². The zero-order chi connectivity index (χ0) is 18.7. The molecule has 0 unspecified atom stereocenters. The number of urea groups is 1. The molecular formula is C14H16Cl2N6O2S. The summed E-state index contributed by atoms with van der Waals surface area (Å²) in [5, 5.41) is 10.6. The molecule has 1 aromatic carbocycles. The number of carbonyl (C=O) groups excluding carboxylic acids is 2. The molecule has 0 bridgehead atoms. The van der Waals surface area contributed by atoms with Gasteiger partial charge in [0.2, 0.25) is 11.1 Å². The summed E-state index contributed by atoms with van der Waals surface area (Å²) in [6.45, 7) is 3.65. The molecule has 2 rings (SSSR count). The predicted molar refractivity (Wildman–Crippen MR) is 97.8 cm³/mol. The number of rotatable bonds is 5. The van der Waals surface area contributed by atoms with Gasteiger partial charge in [0.15, 0.2) is 5.82 Å². The molecule has 0 spiro atoms. The van der Waals surface area contributed by atoms with E-state index in [2.05, 4.69) is 15.5 Å². The lowest BCUT2D eigenvalue weighted by Gasteiger charge is -2.17. The van der Waals surface area contributed by atoms with Gasteiger partial charge >= 0.3 is 6.03 Å². The second-order valence-corrected chi connectivity index (χ2v) is 7.39. The molecule has 0 fully saturated rings. The zero-order valence-electron chi connectivity index (χ0n) is 13.4. The monoisotopic (exact) mass is 402 g/mol. The van der Waals surface area contributed by atoms with E-state index in [1.165, 1.54) is 4.68 Å². The molecule has 0 aliphatic heterocycles. The average Bonchev–Trinajstić information content (AvgIpc) is 2.84. The third kappa shape index (κ3) is 4.56. The van der Waals surface area contributed by atoms with Crippen LogP contribution in [0.3, 0.4) is 0 Å². The molecule has 3 amide bonds. The molecule has 1 atom stereocenters. The van der Waals surface area contributed by atoms with Gasteiger partial charge in [-0.2, -0.15) is 0 Å². The Hall–Kier alpha value is -1.97. The summed E-state index contributed by atoms with van der Waals surface area (Å²) in [5.74, 6) is 5.74. The van der Waals surface area contributed by atoms with Crippen LogP contribution in [0.15, 0.2) is 23.4 Å². The Kier molecular flexibility index (Phi) is 6.15. The largest absolute Gasteiger partial charge is 0.351 e. The number of primary amides is 1. The summed E-state index contributed by atoms with van der Waals surface area (Å²) in [4.78, 5) is 23.0. The second kappa shape index (κ2) is 7.94. The highest BCUT2D eigenvalue weighted by Gasteiger charge is 2.27. The summed E-state index contributed by atoms with van der Waals surface area (Å²) in [6.07, 6.45) is 0. The first-order chi connectivity index (χ1) is 11.7. The van der Waals surface area contributed by atoms with E-state index in [-0.39, 0.29) is 5.92 Å². The van der Waals surface area contributed by atoms with E-state index < -0.39 is 17.2 Å². The molecule has 2 aromatic rings. The maximum Gasteiger partial charge on any atom is 0.318 e. The van der Waals surface area contributed by atoms with Gasteiger partial charge in [0.05, 0.1) is 10.3 Å². The standard InChI is InChI=1S/C14H16Cl2N6O2S/c1-6(2)10(12(23)19-13(17)24)25-14-21-20-11(22(14)18)8-4-3-7(15)5-9(8)16/h3-6,10H,18H2,1-2H3,(H3,17,19,23,24)/t10-/m1/s1. The molecule has 1 heterocycles. The van der Waals surface area contributed by atoms with Crippen molar-refractivity contribution >= 4 is 46.9 Å². The summed E-state index contributed by atoms with van der Waals surface area (Å²) in [5.41, 5.74) is 5.55. The van der Waals surface area contributed by atoms with Gasteiger partial charge in [-0.25, -0.2) is 9.47 Å². The van der Waals surface area contributed by atoms with E-state index in [0.717, 1.165) is 11.8 Å². The lowest BCUT2D eigenvalue weighted by atomic mass is 10.1. The molecule has 0 radical (unpaired) electrons. The highest BCUT2D eigenvalue weighted by atomic mass is 35.5. The van der Waals surface area contributed by atoms with Crippen molar-refractivity contribution in [2.75, 3.05) is 5.84 Å². The van der Waals surface area contributed by atoms with Gasteiger partial charge in [0, 0.05) is 10.6 Å².